The van der Waals surface area contributed by atoms with E-state index in [2.05, 4.69) is 182 Å². The Bertz CT molecular complexity index is 2620. The zero-order chi connectivity index (χ0) is 31.0. The third-order valence-electron chi connectivity index (χ3n) is 10.5. The smallest absolute Gasteiger partial charge is 0.0622 e. The molecule has 9 aromatic rings. The van der Waals surface area contributed by atoms with Gasteiger partial charge in [0.2, 0.25) is 0 Å². The fourth-order valence-electron chi connectivity index (χ4n) is 8.57. The molecule has 0 saturated heterocycles. The van der Waals surface area contributed by atoms with Gasteiger partial charge in [0.25, 0.3) is 0 Å². The summed E-state index contributed by atoms with van der Waals surface area (Å²) in [4.78, 5) is 0. The summed E-state index contributed by atoms with van der Waals surface area (Å²) in [5.41, 5.74) is 9.88. The van der Waals surface area contributed by atoms with Gasteiger partial charge in [-0.2, -0.15) is 0 Å². The minimum atomic E-state index is -0.471. The van der Waals surface area contributed by atoms with E-state index in [1.54, 1.807) is 0 Å². The maximum Gasteiger partial charge on any atom is 0.0713 e. The van der Waals surface area contributed by atoms with Crippen LogP contribution in [0.3, 0.4) is 0 Å². The predicted octanol–water partition coefficient (Wildman–Crippen LogP) is 12.3. The summed E-state index contributed by atoms with van der Waals surface area (Å²) in [6, 6.07) is 67.7. The van der Waals surface area contributed by atoms with Crippen LogP contribution in [0.1, 0.15) is 22.3 Å². The quantitative estimate of drug-likeness (QED) is 0.141. The second-order valence-corrected chi connectivity index (χ2v) is 12.8. The van der Waals surface area contributed by atoms with Gasteiger partial charge in [-0.25, -0.2) is 0 Å². The average Bonchev–Trinajstić information content (AvgIpc) is 3.15. The lowest BCUT2D eigenvalue weighted by Crippen LogP contribution is -2.33. The highest BCUT2D eigenvalue weighted by atomic mass is 14.4. The molecule has 0 unspecified atom stereocenters. The Labute approximate surface area is 274 Å². The molecular weight excluding hydrogens is 565 g/mol. The van der Waals surface area contributed by atoms with Crippen LogP contribution in [0.4, 0.5) is 0 Å². The highest BCUT2D eigenvalue weighted by Gasteiger charge is 2.44. The molecule has 1 aliphatic rings. The van der Waals surface area contributed by atoms with Crippen molar-refractivity contribution in [3.05, 3.63) is 204 Å². The summed E-state index contributed by atoms with van der Waals surface area (Å²) in [6.45, 7) is 0. The first kappa shape index (κ1) is 26.3. The summed E-state index contributed by atoms with van der Waals surface area (Å²) in [5.74, 6) is 0. The Morgan fingerprint density at radius 3 is 1.72 bits per heavy atom. The van der Waals surface area contributed by atoms with Crippen molar-refractivity contribution in [3.8, 4) is 22.3 Å². The van der Waals surface area contributed by atoms with Gasteiger partial charge in [-0.1, -0.05) is 170 Å². The van der Waals surface area contributed by atoms with Crippen LogP contribution in [0.15, 0.2) is 182 Å². The molecule has 218 valence electrons. The van der Waals surface area contributed by atoms with Crippen molar-refractivity contribution in [3.63, 3.8) is 0 Å². The highest BCUT2D eigenvalue weighted by Crippen LogP contribution is 2.56. The lowest BCUT2D eigenvalue weighted by Gasteiger charge is -2.42. The lowest BCUT2D eigenvalue weighted by molar-refractivity contribution is 0.750. The molecule has 9 aromatic carbocycles. The van der Waals surface area contributed by atoms with Crippen molar-refractivity contribution >= 4 is 43.1 Å². The van der Waals surface area contributed by atoms with E-state index in [1.807, 2.05) is 0 Å². The number of fused-ring (bicyclic) bond motifs is 6. The first-order chi connectivity index (χ1) is 23.3. The van der Waals surface area contributed by atoms with Gasteiger partial charge >= 0.3 is 0 Å². The maximum absolute atomic E-state index is 2.48. The molecule has 0 nitrogen and oxygen atoms in total. The van der Waals surface area contributed by atoms with Gasteiger partial charge in [-0.15, -0.1) is 0 Å². The average molecular weight is 595 g/mol. The fraction of sp³-hybridized carbons (Fsp3) is 0.0213. The molecule has 0 N–H and O–H groups in total. The molecule has 0 saturated carbocycles. The van der Waals surface area contributed by atoms with Crippen LogP contribution in [-0.2, 0) is 5.41 Å². The van der Waals surface area contributed by atoms with Gasteiger partial charge in [0.1, 0.15) is 0 Å². The van der Waals surface area contributed by atoms with E-state index >= 15 is 0 Å². The third-order valence-corrected chi connectivity index (χ3v) is 10.5. The SMILES string of the molecule is c1ccc(C2(c3ccccc3)c3ccc(-c4c5ccccc5cc5c4ccc4ccccc45)cc3-c3cccc4cccc2c34)cc1. The van der Waals surface area contributed by atoms with E-state index in [-0.39, 0.29) is 0 Å². The second kappa shape index (κ2) is 10.0. The van der Waals surface area contributed by atoms with Gasteiger partial charge in [0, 0.05) is 0 Å². The summed E-state index contributed by atoms with van der Waals surface area (Å²) >= 11 is 0. The molecule has 0 bridgehead atoms. The largest absolute Gasteiger partial charge is 0.0713 e. The third kappa shape index (κ3) is 3.64. The van der Waals surface area contributed by atoms with E-state index in [0.717, 1.165) is 0 Å². The van der Waals surface area contributed by atoms with Gasteiger partial charge in [0.15, 0.2) is 0 Å². The topological polar surface area (TPSA) is 0 Å². The molecule has 1 aliphatic carbocycles. The van der Waals surface area contributed by atoms with E-state index in [1.165, 1.54) is 87.6 Å². The van der Waals surface area contributed by atoms with Gasteiger partial charge in [-0.3, -0.25) is 0 Å². The van der Waals surface area contributed by atoms with Crippen molar-refractivity contribution in [1.82, 2.24) is 0 Å². The molecule has 0 aliphatic heterocycles. The van der Waals surface area contributed by atoms with Crippen LogP contribution >= 0.6 is 0 Å². The number of rotatable bonds is 3. The summed E-state index contributed by atoms with van der Waals surface area (Å²) in [6.07, 6.45) is 0. The molecule has 0 heterocycles. The minimum absolute atomic E-state index is 0.471. The van der Waals surface area contributed by atoms with Gasteiger partial charge in [-0.05, 0) is 99.7 Å². The Hall–Kier alpha value is -5.98. The van der Waals surface area contributed by atoms with Gasteiger partial charge in [0.05, 0.1) is 5.41 Å². The van der Waals surface area contributed by atoms with Crippen LogP contribution in [0.25, 0.3) is 65.3 Å². The molecule has 0 amide bonds. The zero-order valence-corrected chi connectivity index (χ0v) is 25.8. The van der Waals surface area contributed by atoms with Crippen molar-refractivity contribution in [2.75, 3.05) is 0 Å². The highest BCUT2D eigenvalue weighted by molar-refractivity contribution is 6.20. The van der Waals surface area contributed by atoms with Gasteiger partial charge < -0.3 is 0 Å². The van der Waals surface area contributed by atoms with Crippen molar-refractivity contribution < 1.29 is 0 Å². The standard InChI is InChI=1S/C47H30/c1-3-17-35(18-4-1)47(36-19-5-2-6-20-36)43-28-26-34(30-42(43)39-23-11-15-32-16-12-24-44(47)46(32)39)45-38-22-10-8-14-33(38)29-41-37-21-9-7-13-31(37)25-27-40(41)45/h1-30H. The molecule has 0 atom stereocenters. The molecule has 10 rings (SSSR count). The molecule has 0 aromatic heterocycles. The van der Waals surface area contributed by atoms with Crippen molar-refractivity contribution in [2.45, 2.75) is 5.41 Å². The lowest BCUT2D eigenvalue weighted by atomic mass is 9.59. The van der Waals surface area contributed by atoms with E-state index in [4.69, 9.17) is 0 Å². The number of benzene rings is 9. The second-order valence-electron chi connectivity index (χ2n) is 12.8. The predicted molar refractivity (Wildman–Crippen MR) is 199 cm³/mol. The number of hydrogen-bond donors (Lipinski definition) is 0. The normalized spacial score (nSPS) is 13.3. The molecule has 0 spiro atoms. The first-order valence-electron chi connectivity index (χ1n) is 16.4. The number of hydrogen-bond acceptors (Lipinski definition) is 0. The molecule has 47 heavy (non-hydrogen) atoms. The minimum Gasteiger partial charge on any atom is -0.0622 e. The fourth-order valence-corrected chi connectivity index (χ4v) is 8.57. The molecule has 0 radical (unpaired) electrons. The van der Waals surface area contributed by atoms with Crippen LogP contribution in [0, 0.1) is 0 Å². The Morgan fingerprint density at radius 2 is 0.957 bits per heavy atom. The Morgan fingerprint density at radius 1 is 0.319 bits per heavy atom. The van der Waals surface area contributed by atoms with Crippen molar-refractivity contribution in [2.24, 2.45) is 0 Å². The Balaban J connectivity index is 1.37. The summed E-state index contributed by atoms with van der Waals surface area (Å²) < 4.78 is 0. The van der Waals surface area contributed by atoms with Crippen LogP contribution in [0.5, 0.6) is 0 Å². The van der Waals surface area contributed by atoms with E-state index in [9.17, 15) is 0 Å². The maximum atomic E-state index is 2.48. The summed E-state index contributed by atoms with van der Waals surface area (Å²) in [5, 5.41) is 10.3. The molecular formula is C47H30. The van der Waals surface area contributed by atoms with Crippen LogP contribution in [-0.4, -0.2) is 0 Å². The molecule has 0 heteroatoms. The van der Waals surface area contributed by atoms with Crippen molar-refractivity contribution in [1.29, 1.82) is 0 Å². The summed E-state index contributed by atoms with van der Waals surface area (Å²) in [7, 11) is 0. The first-order valence-corrected chi connectivity index (χ1v) is 16.4. The monoisotopic (exact) mass is 594 g/mol. The Kier molecular flexibility index (Phi) is 5.59. The van der Waals surface area contributed by atoms with Crippen LogP contribution < -0.4 is 0 Å². The van der Waals surface area contributed by atoms with E-state index in [0.29, 0.717) is 0 Å². The van der Waals surface area contributed by atoms with E-state index < -0.39 is 5.41 Å². The molecule has 0 fully saturated rings. The van der Waals surface area contributed by atoms with Crippen LogP contribution in [0.2, 0.25) is 0 Å². The zero-order valence-electron chi connectivity index (χ0n) is 25.8.